The molecule has 0 aliphatic carbocycles. The molecule has 1 saturated heterocycles. The van der Waals surface area contributed by atoms with E-state index < -0.39 is 0 Å². The second kappa shape index (κ2) is 9.47. The molecule has 0 unspecified atom stereocenters. The number of carbonyl (C=O) groups is 1. The zero-order valence-electron chi connectivity index (χ0n) is 18.3. The van der Waals surface area contributed by atoms with Crippen molar-refractivity contribution < 1.29 is 9.18 Å². The summed E-state index contributed by atoms with van der Waals surface area (Å²) in [5.41, 5.74) is 8.53. The number of nitrogens with one attached hydrogen (secondary N) is 1. The van der Waals surface area contributed by atoms with Gasteiger partial charge in [0.2, 0.25) is 5.95 Å². The van der Waals surface area contributed by atoms with Crippen LogP contribution >= 0.6 is 23.2 Å². The van der Waals surface area contributed by atoms with E-state index in [2.05, 4.69) is 20.3 Å². The van der Waals surface area contributed by atoms with Crippen molar-refractivity contribution in [1.82, 2.24) is 24.8 Å². The number of aromatic nitrogens is 4. The number of nitrogen functional groups attached to an aromatic ring is 1. The fraction of sp³-hybridized carbons (Fsp3) is 0.174. The first-order valence-electron chi connectivity index (χ1n) is 10.7. The van der Waals surface area contributed by atoms with Crippen molar-refractivity contribution in [3.63, 3.8) is 0 Å². The van der Waals surface area contributed by atoms with Gasteiger partial charge in [-0.1, -0.05) is 23.2 Å². The quantitative estimate of drug-likeness (QED) is 0.416. The third kappa shape index (κ3) is 4.89. The van der Waals surface area contributed by atoms with Gasteiger partial charge in [0, 0.05) is 42.5 Å². The van der Waals surface area contributed by atoms with Crippen LogP contribution in [0.5, 0.6) is 0 Å². The van der Waals surface area contributed by atoms with Gasteiger partial charge in [0.25, 0.3) is 0 Å². The predicted molar refractivity (Wildman–Crippen MR) is 134 cm³/mol. The predicted octanol–water partition coefficient (Wildman–Crippen LogP) is 4.47. The molecule has 3 N–H and O–H groups in total. The Morgan fingerprint density at radius 2 is 1.74 bits per heavy atom. The van der Waals surface area contributed by atoms with Crippen LogP contribution in [0.2, 0.25) is 10.0 Å². The molecule has 2 aromatic heterocycles. The van der Waals surface area contributed by atoms with Crippen LogP contribution in [-0.4, -0.2) is 57.0 Å². The molecule has 0 saturated carbocycles. The Hall–Kier alpha value is -3.76. The molecule has 0 spiro atoms. The van der Waals surface area contributed by atoms with Crippen molar-refractivity contribution in [1.29, 1.82) is 0 Å². The molecule has 0 atom stereocenters. The number of rotatable bonds is 3. The van der Waals surface area contributed by atoms with Gasteiger partial charge in [0.05, 0.1) is 16.9 Å². The normalized spacial score (nSPS) is 13.8. The van der Waals surface area contributed by atoms with Crippen LogP contribution in [0.1, 0.15) is 0 Å². The number of halogens is 3. The number of benzene rings is 2. The third-order valence-corrected chi connectivity index (χ3v) is 6.12. The maximum absolute atomic E-state index is 13.1. The Morgan fingerprint density at radius 1 is 1.00 bits per heavy atom. The molecule has 2 aromatic carbocycles. The summed E-state index contributed by atoms with van der Waals surface area (Å²) in [4.78, 5) is 34.1. The minimum absolute atomic E-state index is 0.0792. The van der Waals surface area contributed by atoms with Gasteiger partial charge in [-0.15, -0.1) is 0 Å². The molecule has 0 radical (unpaired) electrons. The van der Waals surface area contributed by atoms with Crippen LogP contribution in [0.15, 0.2) is 48.7 Å². The molecule has 4 aromatic rings. The number of nitrogens with two attached hydrogens (primary N) is 1. The number of piperazine rings is 1. The van der Waals surface area contributed by atoms with Gasteiger partial charge in [0.15, 0.2) is 17.0 Å². The summed E-state index contributed by atoms with van der Waals surface area (Å²) in [6, 6.07) is 10.5. The maximum atomic E-state index is 13.1. The molecule has 1 aliphatic rings. The van der Waals surface area contributed by atoms with Crippen molar-refractivity contribution >= 4 is 57.9 Å². The molecule has 0 bridgehead atoms. The Bertz CT molecular complexity index is 1410. The third-order valence-electron chi connectivity index (χ3n) is 5.57. The van der Waals surface area contributed by atoms with E-state index in [0.29, 0.717) is 70.2 Å². The topological polar surface area (TPSA) is 113 Å². The van der Waals surface area contributed by atoms with Crippen LogP contribution < -0.4 is 16.0 Å². The standard InChI is InChI=1S/C23H19Cl2FN8O/c24-13-1-6-16(17(25)11-13)18-12-28-20-19(30-18)21(32-22(27)31-20)33-7-9-34(10-8-33)23(35)29-15-4-2-14(26)3-5-15/h1-6,11-12H,7-10H2,(H,29,35)(H2,27,28,31,32). The van der Waals surface area contributed by atoms with E-state index in [1.807, 2.05) is 4.90 Å². The van der Waals surface area contributed by atoms with Crippen LogP contribution in [0.4, 0.5) is 26.6 Å². The number of fused-ring (bicyclic) bond motifs is 1. The number of anilines is 3. The van der Waals surface area contributed by atoms with E-state index in [-0.39, 0.29) is 17.8 Å². The van der Waals surface area contributed by atoms with Gasteiger partial charge in [-0.3, -0.25) is 0 Å². The highest BCUT2D eigenvalue weighted by Gasteiger charge is 2.25. The monoisotopic (exact) mass is 512 g/mol. The summed E-state index contributed by atoms with van der Waals surface area (Å²) in [5.74, 6) is 0.249. The molecular weight excluding hydrogens is 494 g/mol. The van der Waals surface area contributed by atoms with Crippen LogP contribution in [0.25, 0.3) is 22.4 Å². The summed E-state index contributed by atoms with van der Waals surface area (Å²) in [5, 5.41) is 3.75. The zero-order valence-corrected chi connectivity index (χ0v) is 19.8. The van der Waals surface area contributed by atoms with Gasteiger partial charge in [-0.25, -0.2) is 19.2 Å². The highest BCUT2D eigenvalue weighted by molar-refractivity contribution is 6.36. The summed E-state index contributed by atoms with van der Waals surface area (Å²) < 4.78 is 13.1. The van der Waals surface area contributed by atoms with E-state index in [0.717, 1.165) is 0 Å². The lowest BCUT2D eigenvalue weighted by molar-refractivity contribution is 0.208. The largest absolute Gasteiger partial charge is 0.368 e. The molecule has 12 heteroatoms. The van der Waals surface area contributed by atoms with Crippen molar-refractivity contribution in [3.05, 3.63) is 64.5 Å². The van der Waals surface area contributed by atoms with Gasteiger partial charge in [-0.05, 0) is 42.5 Å². The van der Waals surface area contributed by atoms with Crippen LogP contribution in [-0.2, 0) is 0 Å². The van der Waals surface area contributed by atoms with E-state index >= 15 is 0 Å². The fourth-order valence-corrected chi connectivity index (χ4v) is 4.32. The zero-order chi connectivity index (χ0) is 24.5. The highest BCUT2D eigenvalue weighted by Crippen LogP contribution is 2.31. The number of amides is 2. The molecule has 2 amide bonds. The Morgan fingerprint density at radius 3 is 2.46 bits per heavy atom. The molecule has 178 valence electrons. The van der Waals surface area contributed by atoms with Gasteiger partial charge >= 0.3 is 6.03 Å². The minimum Gasteiger partial charge on any atom is -0.368 e. The smallest absolute Gasteiger partial charge is 0.321 e. The molecule has 1 fully saturated rings. The van der Waals surface area contributed by atoms with Gasteiger partial charge < -0.3 is 20.9 Å². The number of urea groups is 1. The average molecular weight is 513 g/mol. The lowest BCUT2D eigenvalue weighted by Crippen LogP contribution is -2.50. The van der Waals surface area contributed by atoms with E-state index in [1.165, 1.54) is 24.3 Å². The summed E-state index contributed by atoms with van der Waals surface area (Å²) >= 11 is 12.4. The fourth-order valence-electron chi connectivity index (χ4n) is 3.81. The summed E-state index contributed by atoms with van der Waals surface area (Å²) in [6.07, 6.45) is 1.57. The summed E-state index contributed by atoms with van der Waals surface area (Å²) in [6.45, 7) is 1.87. The van der Waals surface area contributed by atoms with Crippen molar-refractivity contribution in [3.8, 4) is 11.3 Å². The molecule has 5 rings (SSSR count). The second-order valence-electron chi connectivity index (χ2n) is 7.87. The SMILES string of the molecule is Nc1nc(N2CCN(C(=O)Nc3ccc(F)cc3)CC2)c2nc(-c3ccc(Cl)cc3Cl)cnc2n1. The van der Waals surface area contributed by atoms with Gasteiger partial charge in [0.1, 0.15) is 5.82 Å². The molecule has 35 heavy (non-hydrogen) atoms. The Kier molecular flexibility index (Phi) is 6.23. The molecule has 1 aliphatic heterocycles. The van der Waals surface area contributed by atoms with Crippen LogP contribution in [0.3, 0.4) is 0 Å². The first-order valence-corrected chi connectivity index (χ1v) is 11.4. The lowest BCUT2D eigenvalue weighted by atomic mass is 10.1. The minimum atomic E-state index is -0.363. The first kappa shape index (κ1) is 23.0. The Labute approximate surface area is 209 Å². The second-order valence-corrected chi connectivity index (χ2v) is 8.71. The number of hydrogen-bond donors (Lipinski definition) is 2. The van der Waals surface area contributed by atoms with Crippen molar-refractivity contribution in [2.75, 3.05) is 42.1 Å². The summed E-state index contributed by atoms with van der Waals surface area (Å²) in [7, 11) is 0. The van der Waals surface area contributed by atoms with Gasteiger partial charge in [-0.2, -0.15) is 9.97 Å². The molecular formula is C23H19Cl2FN8O. The average Bonchev–Trinajstić information content (AvgIpc) is 2.85. The lowest BCUT2D eigenvalue weighted by Gasteiger charge is -2.35. The highest BCUT2D eigenvalue weighted by atomic mass is 35.5. The number of nitrogens with zero attached hydrogens (tertiary/aromatic N) is 6. The maximum Gasteiger partial charge on any atom is 0.321 e. The van der Waals surface area contributed by atoms with Crippen LogP contribution in [0, 0.1) is 5.82 Å². The van der Waals surface area contributed by atoms with E-state index in [4.69, 9.17) is 33.9 Å². The first-order chi connectivity index (χ1) is 16.9. The van der Waals surface area contributed by atoms with E-state index in [1.54, 1.807) is 29.3 Å². The number of hydrogen-bond acceptors (Lipinski definition) is 7. The number of carbonyl (C=O) groups excluding carboxylic acids is 1. The van der Waals surface area contributed by atoms with E-state index in [9.17, 15) is 9.18 Å². The Balaban J connectivity index is 1.37. The molecule has 9 nitrogen and oxygen atoms in total. The van der Waals surface area contributed by atoms with Crippen molar-refractivity contribution in [2.24, 2.45) is 0 Å². The molecule has 3 heterocycles. The van der Waals surface area contributed by atoms with Crippen molar-refractivity contribution in [2.45, 2.75) is 0 Å².